The van der Waals surface area contributed by atoms with Gasteiger partial charge in [-0.25, -0.2) is 0 Å². The second-order valence-corrected chi connectivity index (χ2v) is 5.81. The monoisotopic (exact) mass is 388 g/mol. The number of anilines is 1. The smallest absolute Gasteiger partial charge is 0.269 e. The van der Waals surface area contributed by atoms with E-state index in [4.69, 9.17) is 40.2 Å². The molecule has 8 nitrogen and oxygen atoms in total. The molecule has 0 bridgehead atoms. The van der Waals surface area contributed by atoms with Crippen LogP contribution in [0.25, 0.3) is 0 Å². The maximum absolute atomic E-state index is 12.2. The van der Waals surface area contributed by atoms with E-state index in [1.54, 1.807) is 0 Å². The average molecular weight is 389 g/mol. The van der Waals surface area contributed by atoms with E-state index in [2.05, 4.69) is 26.0 Å². The van der Waals surface area contributed by atoms with Gasteiger partial charge in [-0.15, -0.1) is 5.10 Å². The van der Waals surface area contributed by atoms with Crippen LogP contribution in [-0.4, -0.2) is 38.3 Å². The normalized spacial score (nSPS) is 10.3. The number of hydrogen-bond acceptors (Lipinski definition) is 6. The van der Waals surface area contributed by atoms with Crippen molar-refractivity contribution in [1.82, 2.24) is 25.5 Å². The number of carbonyl (C=O) groups is 1. The van der Waals surface area contributed by atoms with Gasteiger partial charge in [-0.2, -0.15) is 4.80 Å². The lowest BCUT2D eigenvalue weighted by Gasteiger charge is -2.10. The SMILES string of the molecule is CCCn1nnc(NC(=S)NC(=O)c2cc(Cl)c(OC)c(Cl)c2)n1. The molecule has 0 saturated carbocycles. The lowest BCUT2D eigenvalue weighted by atomic mass is 10.2. The molecule has 0 atom stereocenters. The zero-order chi connectivity index (χ0) is 17.7. The van der Waals surface area contributed by atoms with Crippen molar-refractivity contribution in [2.45, 2.75) is 19.9 Å². The highest BCUT2D eigenvalue weighted by atomic mass is 35.5. The van der Waals surface area contributed by atoms with Crippen molar-refractivity contribution < 1.29 is 9.53 Å². The van der Waals surface area contributed by atoms with Crippen LogP contribution in [0.1, 0.15) is 23.7 Å². The predicted octanol–water partition coefficient (Wildman–Crippen LogP) is 2.53. The molecule has 0 aliphatic rings. The van der Waals surface area contributed by atoms with Crippen molar-refractivity contribution in [3.8, 4) is 5.75 Å². The van der Waals surface area contributed by atoms with E-state index in [0.29, 0.717) is 12.3 Å². The van der Waals surface area contributed by atoms with Gasteiger partial charge in [0.1, 0.15) is 0 Å². The number of aryl methyl sites for hydroxylation is 1. The first kappa shape index (κ1) is 18.4. The molecule has 0 fully saturated rings. The van der Waals surface area contributed by atoms with Crippen molar-refractivity contribution >= 4 is 52.4 Å². The number of rotatable bonds is 5. The van der Waals surface area contributed by atoms with Crippen molar-refractivity contribution in [3.63, 3.8) is 0 Å². The fourth-order valence-corrected chi connectivity index (χ4v) is 2.61. The summed E-state index contributed by atoms with van der Waals surface area (Å²) in [7, 11) is 1.44. The van der Waals surface area contributed by atoms with Crippen LogP contribution in [0.2, 0.25) is 10.0 Å². The minimum atomic E-state index is -0.486. The number of thiocarbonyl (C=S) groups is 1. The number of tetrazole rings is 1. The molecule has 2 rings (SSSR count). The van der Waals surface area contributed by atoms with Crippen LogP contribution in [-0.2, 0) is 6.54 Å². The Bertz CT molecular complexity index is 744. The van der Waals surface area contributed by atoms with E-state index in [1.807, 2.05) is 6.92 Å². The minimum Gasteiger partial charge on any atom is -0.494 e. The number of amides is 1. The van der Waals surface area contributed by atoms with Crippen LogP contribution < -0.4 is 15.4 Å². The number of benzene rings is 1. The second kappa shape index (κ2) is 8.22. The zero-order valence-electron chi connectivity index (χ0n) is 12.8. The summed E-state index contributed by atoms with van der Waals surface area (Å²) in [6.07, 6.45) is 0.871. The number of methoxy groups -OCH3 is 1. The van der Waals surface area contributed by atoms with Gasteiger partial charge in [0.25, 0.3) is 11.9 Å². The molecule has 1 heterocycles. The van der Waals surface area contributed by atoms with Gasteiger partial charge in [-0.3, -0.25) is 15.4 Å². The Morgan fingerprint density at radius 3 is 2.62 bits per heavy atom. The number of hydrogen-bond donors (Lipinski definition) is 2. The average Bonchev–Trinajstić information content (AvgIpc) is 2.94. The molecule has 0 radical (unpaired) electrons. The molecule has 24 heavy (non-hydrogen) atoms. The highest BCUT2D eigenvalue weighted by Crippen LogP contribution is 2.33. The molecule has 2 N–H and O–H groups in total. The third-order valence-electron chi connectivity index (χ3n) is 2.79. The van der Waals surface area contributed by atoms with Crippen LogP contribution in [0.5, 0.6) is 5.75 Å². The number of ether oxygens (including phenoxy) is 1. The van der Waals surface area contributed by atoms with Gasteiger partial charge in [-0.05, 0) is 36.0 Å². The third-order valence-corrected chi connectivity index (χ3v) is 3.56. The second-order valence-electron chi connectivity index (χ2n) is 4.59. The van der Waals surface area contributed by atoms with E-state index in [-0.39, 0.29) is 26.7 Å². The molecule has 2 aromatic rings. The van der Waals surface area contributed by atoms with E-state index in [9.17, 15) is 4.79 Å². The Kier molecular flexibility index (Phi) is 6.29. The van der Waals surface area contributed by atoms with Crippen LogP contribution in [0.4, 0.5) is 5.95 Å². The van der Waals surface area contributed by atoms with Crippen molar-refractivity contribution in [3.05, 3.63) is 27.7 Å². The van der Waals surface area contributed by atoms with Crippen molar-refractivity contribution in [2.24, 2.45) is 0 Å². The number of nitrogens with zero attached hydrogens (tertiary/aromatic N) is 4. The lowest BCUT2D eigenvalue weighted by Crippen LogP contribution is -2.34. The van der Waals surface area contributed by atoms with Crippen LogP contribution in [0, 0.1) is 0 Å². The van der Waals surface area contributed by atoms with E-state index in [1.165, 1.54) is 24.0 Å². The fraction of sp³-hybridized carbons (Fsp3) is 0.308. The number of halogens is 2. The molecule has 1 aromatic heterocycles. The fourth-order valence-electron chi connectivity index (χ4n) is 1.78. The summed E-state index contributed by atoms with van der Waals surface area (Å²) in [6, 6.07) is 2.86. The van der Waals surface area contributed by atoms with Crippen molar-refractivity contribution in [1.29, 1.82) is 0 Å². The summed E-state index contributed by atoms with van der Waals surface area (Å²) in [5.74, 6) is 0.00627. The van der Waals surface area contributed by atoms with Gasteiger partial charge >= 0.3 is 0 Å². The van der Waals surface area contributed by atoms with Crippen LogP contribution in [0.3, 0.4) is 0 Å². The van der Waals surface area contributed by atoms with Crippen LogP contribution in [0.15, 0.2) is 12.1 Å². The Morgan fingerprint density at radius 1 is 1.38 bits per heavy atom. The van der Waals surface area contributed by atoms with E-state index in [0.717, 1.165) is 6.42 Å². The first-order valence-electron chi connectivity index (χ1n) is 6.87. The molecule has 0 unspecified atom stereocenters. The van der Waals surface area contributed by atoms with Gasteiger partial charge in [0, 0.05) is 5.56 Å². The Hall–Kier alpha value is -1.97. The van der Waals surface area contributed by atoms with Gasteiger partial charge in [0.05, 0.1) is 23.7 Å². The summed E-state index contributed by atoms with van der Waals surface area (Å²) in [6.45, 7) is 2.63. The Balaban J connectivity index is 2.02. The van der Waals surface area contributed by atoms with E-state index >= 15 is 0 Å². The summed E-state index contributed by atoms with van der Waals surface area (Å²) in [4.78, 5) is 13.6. The van der Waals surface area contributed by atoms with E-state index < -0.39 is 5.91 Å². The highest BCUT2D eigenvalue weighted by molar-refractivity contribution is 7.80. The standard InChI is InChI=1S/C13H14Cl2N6O2S/c1-3-4-21-19-12(18-20-21)17-13(24)16-11(22)7-5-8(14)10(23-2)9(15)6-7/h5-6H,3-4H2,1-2H3,(H2,16,17,19,22,24). The largest absolute Gasteiger partial charge is 0.494 e. The molecule has 1 amide bonds. The van der Waals surface area contributed by atoms with Crippen LogP contribution >= 0.6 is 35.4 Å². The number of nitrogens with one attached hydrogen (secondary N) is 2. The number of carbonyl (C=O) groups excluding carboxylic acids is 1. The first-order valence-corrected chi connectivity index (χ1v) is 8.04. The summed E-state index contributed by atoms with van der Waals surface area (Å²) in [5, 5.41) is 17.3. The quantitative estimate of drug-likeness (QED) is 0.759. The Labute approximate surface area is 153 Å². The highest BCUT2D eigenvalue weighted by Gasteiger charge is 2.15. The first-order chi connectivity index (χ1) is 11.4. The molecule has 0 aliphatic heterocycles. The molecule has 1 aromatic carbocycles. The predicted molar refractivity (Wildman–Crippen MR) is 94.8 cm³/mol. The minimum absolute atomic E-state index is 0.0270. The van der Waals surface area contributed by atoms with Gasteiger partial charge in [-0.1, -0.05) is 35.2 Å². The molecule has 128 valence electrons. The van der Waals surface area contributed by atoms with Gasteiger partial charge in [0.15, 0.2) is 10.9 Å². The molecular weight excluding hydrogens is 375 g/mol. The molecule has 0 spiro atoms. The van der Waals surface area contributed by atoms with Gasteiger partial charge < -0.3 is 4.74 Å². The summed E-state index contributed by atoms with van der Waals surface area (Å²) < 4.78 is 5.03. The molecule has 0 aliphatic carbocycles. The van der Waals surface area contributed by atoms with Crippen molar-refractivity contribution in [2.75, 3.05) is 12.4 Å². The third kappa shape index (κ3) is 4.53. The lowest BCUT2D eigenvalue weighted by molar-refractivity contribution is 0.0977. The molecule has 11 heteroatoms. The topological polar surface area (TPSA) is 94.0 Å². The summed E-state index contributed by atoms with van der Waals surface area (Å²) in [5.41, 5.74) is 0.234. The molecule has 0 saturated heterocycles. The van der Waals surface area contributed by atoms with Gasteiger partial charge in [0.2, 0.25) is 0 Å². The maximum atomic E-state index is 12.2. The molecular formula is C13H14Cl2N6O2S. The summed E-state index contributed by atoms with van der Waals surface area (Å²) >= 11 is 17.1. The Morgan fingerprint density at radius 2 is 2.04 bits per heavy atom. The zero-order valence-corrected chi connectivity index (χ0v) is 15.2. The number of aromatic nitrogens is 4. The maximum Gasteiger partial charge on any atom is 0.269 e.